The molecule has 0 aliphatic heterocycles. The lowest BCUT2D eigenvalue weighted by atomic mass is 10.2. The Morgan fingerprint density at radius 2 is 2.30 bits per heavy atom. The summed E-state index contributed by atoms with van der Waals surface area (Å²) in [5.41, 5.74) is 6.25. The summed E-state index contributed by atoms with van der Waals surface area (Å²) in [6.07, 6.45) is 2.54. The van der Waals surface area contributed by atoms with Crippen molar-refractivity contribution >= 4 is 17.3 Å². The topological polar surface area (TPSA) is 82.2 Å². The minimum Gasteiger partial charge on any atom is -0.397 e. The van der Waals surface area contributed by atoms with E-state index in [1.165, 1.54) is 18.2 Å². The highest BCUT2D eigenvalue weighted by atomic mass is 19.1. The predicted molar refractivity (Wildman–Crippen MR) is 74.3 cm³/mol. The summed E-state index contributed by atoms with van der Waals surface area (Å²) in [5, 5.41) is 11.3. The zero-order valence-electron chi connectivity index (χ0n) is 11.1. The van der Waals surface area contributed by atoms with E-state index < -0.39 is 5.82 Å². The second-order valence-electron chi connectivity index (χ2n) is 4.89. The van der Waals surface area contributed by atoms with E-state index >= 15 is 0 Å². The van der Waals surface area contributed by atoms with Crippen LogP contribution in [0.5, 0.6) is 0 Å². The molecule has 3 N–H and O–H groups in total. The number of amides is 1. The van der Waals surface area contributed by atoms with Gasteiger partial charge in [0.2, 0.25) is 5.91 Å². The number of nitrogens with zero attached hydrogens (tertiary/aromatic N) is 2. The molecule has 5 nitrogen and oxygen atoms in total. The van der Waals surface area contributed by atoms with Crippen LogP contribution in [-0.4, -0.2) is 29.9 Å². The first kappa shape index (κ1) is 14.3. The number of carbonyl (C=O) groups is 1. The molecular formula is C14H17FN4O. The first-order valence-corrected chi connectivity index (χ1v) is 6.56. The number of halogens is 1. The molecule has 1 aromatic carbocycles. The summed E-state index contributed by atoms with van der Waals surface area (Å²) < 4.78 is 12.9. The molecule has 1 saturated carbocycles. The van der Waals surface area contributed by atoms with Gasteiger partial charge in [-0.2, -0.15) is 5.26 Å². The van der Waals surface area contributed by atoms with Crippen LogP contribution in [0, 0.1) is 17.1 Å². The van der Waals surface area contributed by atoms with Crippen LogP contribution in [0.2, 0.25) is 0 Å². The fourth-order valence-corrected chi connectivity index (χ4v) is 2.05. The van der Waals surface area contributed by atoms with Gasteiger partial charge in [-0.3, -0.25) is 9.69 Å². The number of hydrogen-bond acceptors (Lipinski definition) is 4. The highest BCUT2D eigenvalue weighted by Crippen LogP contribution is 2.27. The molecule has 0 atom stereocenters. The van der Waals surface area contributed by atoms with Crippen molar-refractivity contribution in [1.29, 1.82) is 5.26 Å². The quantitative estimate of drug-likeness (QED) is 0.775. The lowest BCUT2D eigenvalue weighted by molar-refractivity contribution is -0.117. The lowest BCUT2D eigenvalue weighted by Crippen LogP contribution is -2.35. The van der Waals surface area contributed by atoms with Gasteiger partial charge in [-0.15, -0.1) is 0 Å². The number of benzene rings is 1. The highest BCUT2D eigenvalue weighted by molar-refractivity contribution is 5.95. The molecule has 1 aliphatic carbocycles. The van der Waals surface area contributed by atoms with Crippen LogP contribution in [-0.2, 0) is 4.79 Å². The number of nitrogen functional groups attached to an aromatic ring is 1. The molecule has 0 heterocycles. The van der Waals surface area contributed by atoms with Gasteiger partial charge in [-0.05, 0) is 31.0 Å². The van der Waals surface area contributed by atoms with Gasteiger partial charge in [-0.25, -0.2) is 4.39 Å². The van der Waals surface area contributed by atoms with E-state index in [9.17, 15) is 9.18 Å². The summed E-state index contributed by atoms with van der Waals surface area (Å²) in [6.45, 7) is 0.816. The molecule has 0 radical (unpaired) electrons. The van der Waals surface area contributed by atoms with E-state index in [-0.39, 0.29) is 18.1 Å². The number of carbonyl (C=O) groups excluding carboxylic acids is 1. The molecule has 1 aromatic rings. The number of rotatable bonds is 6. The minimum absolute atomic E-state index is 0.201. The van der Waals surface area contributed by atoms with Gasteiger partial charge in [0.15, 0.2) is 0 Å². The summed E-state index contributed by atoms with van der Waals surface area (Å²) >= 11 is 0. The van der Waals surface area contributed by atoms with E-state index in [1.54, 1.807) is 0 Å². The van der Waals surface area contributed by atoms with Crippen molar-refractivity contribution in [1.82, 2.24) is 4.90 Å². The Hall–Kier alpha value is -2.13. The van der Waals surface area contributed by atoms with Crippen LogP contribution in [0.4, 0.5) is 15.8 Å². The lowest BCUT2D eigenvalue weighted by Gasteiger charge is -2.20. The first-order chi connectivity index (χ1) is 9.60. The zero-order chi connectivity index (χ0) is 14.5. The Labute approximate surface area is 117 Å². The van der Waals surface area contributed by atoms with E-state index in [2.05, 4.69) is 11.4 Å². The van der Waals surface area contributed by atoms with Gasteiger partial charge in [0, 0.05) is 19.0 Å². The summed E-state index contributed by atoms with van der Waals surface area (Å²) in [7, 11) is 0. The van der Waals surface area contributed by atoms with Crippen LogP contribution in [0.25, 0.3) is 0 Å². The molecule has 0 bridgehead atoms. The van der Waals surface area contributed by atoms with Gasteiger partial charge >= 0.3 is 0 Å². The number of nitriles is 1. The Bertz CT molecular complexity index is 536. The van der Waals surface area contributed by atoms with Gasteiger partial charge in [0.1, 0.15) is 5.82 Å². The Morgan fingerprint density at radius 1 is 1.55 bits per heavy atom. The number of anilines is 2. The van der Waals surface area contributed by atoms with Gasteiger partial charge < -0.3 is 11.1 Å². The molecule has 1 aliphatic rings. The van der Waals surface area contributed by atoms with E-state index in [0.29, 0.717) is 24.7 Å². The molecule has 1 amide bonds. The van der Waals surface area contributed by atoms with Crippen molar-refractivity contribution in [2.45, 2.75) is 25.3 Å². The Balaban J connectivity index is 1.92. The van der Waals surface area contributed by atoms with Crippen molar-refractivity contribution < 1.29 is 9.18 Å². The van der Waals surface area contributed by atoms with Crippen LogP contribution in [0.1, 0.15) is 19.3 Å². The maximum Gasteiger partial charge on any atom is 0.238 e. The standard InChI is InChI=1S/C14H17FN4O/c15-10-2-5-13(12(17)8-10)18-14(20)9-19(7-1-6-16)11-3-4-11/h2,5,8,11H,1,3-4,7,9,17H2,(H,18,20). The van der Waals surface area contributed by atoms with Crippen molar-refractivity contribution in [2.75, 3.05) is 24.1 Å². The third-order valence-electron chi connectivity index (χ3n) is 3.21. The van der Waals surface area contributed by atoms with Crippen molar-refractivity contribution in [3.63, 3.8) is 0 Å². The highest BCUT2D eigenvalue weighted by Gasteiger charge is 2.29. The summed E-state index contributed by atoms with van der Waals surface area (Å²) in [6, 6.07) is 6.35. The second-order valence-corrected chi connectivity index (χ2v) is 4.89. The molecule has 6 heteroatoms. The van der Waals surface area contributed by atoms with Gasteiger partial charge in [-0.1, -0.05) is 0 Å². The largest absolute Gasteiger partial charge is 0.397 e. The average molecular weight is 276 g/mol. The van der Waals surface area contributed by atoms with Crippen LogP contribution in [0.3, 0.4) is 0 Å². The number of nitrogens with one attached hydrogen (secondary N) is 1. The fraction of sp³-hybridized carbons (Fsp3) is 0.429. The van der Waals surface area contributed by atoms with Gasteiger partial charge in [0.05, 0.1) is 24.0 Å². The van der Waals surface area contributed by atoms with E-state index in [1.807, 2.05) is 4.90 Å². The second kappa shape index (κ2) is 6.35. The number of hydrogen-bond donors (Lipinski definition) is 2. The van der Waals surface area contributed by atoms with Gasteiger partial charge in [0.25, 0.3) is 0 Å². The van der Waals surface area contributed by atoms with Crippen LogP contribution < -0.4 is 11.1 Å². The fourth-order valence-electron chi connectivity index (χ4n) is 2.05. The summed E-state index contributed by atoms with van der Waals surface area (Å²) in [5.74, 6) is -0.637. The molecule has 0 spiro atoms. The molecular weight excluding hydrogens is 259 g/mol. The van der Waals surface area contributed by atoms with E-state index in [0.717, 1.165) is 12.8 Å². The van der Waals surface area contributed by atoms with Crippen LogP contribution >= 0.6 is 0 Å². The maximum atomic E-state index is 12.9. The van der Waals surface area contributed by atoms with Crippen molar-refractivity contribution in [2.24, 2.45) is 0 Å². The molecule has 2 rings (SSSR count). The van der Waals surface area contributed by atoms with Crippen molar-refractivity contribution in [3.05, 3.63) is 24.0 Å². The maximum absolute atomic E-state index is 12.9. The smallest absolute Gasteiger partial charge is 0.238 e. The number of nitrogens with two attached hydrogens (primary N) is 1. The normalized spacial score (nSPS) is 14.1. The summed E-state index contributed by atoms with van der Waals surface area (Å²) in [4.78, 5) is 14.0. The molecule has 0 saturated heterocycles. The van der Waals surface area contributed by atoms with E-state index in [4.69, 9.17) is 11.0 Å². The Kier molecular flexibility index (Phi) is 4.53. The van der Waals surface area contributed by atoms with Crippen molar-refractivity contribution in [3.8, 4) is 6.07 Å². The Morgan fingerprint density at radius 3 is 2.90 bits per heavy atom. The SMILES string of the molecule is N#CCCN(CC(=O)Nc1ccc(F)cc1N)C1CC1. The zero-order valence-corrected chi connectivity index (χ0v) is 11.1. The third kappa shape index (κ3) is 3.93. The van der Waals surface area contributed by atoms with Crippen LogP contribution in [0.15, 0.2) is 18.2 Å². The molecule has 20 heavy (non-hydrogen) atoms. The average Bonchev–Trinajstić information content (AvgIpc) is 3.22. The molecule has 1 fully saturated rings. The first-order valence-electron chi connectivity index (χ1n) is 6.56. The molecule has 106 valence electrons. The predicted octanol–water partition coefficient (Wildman–Crippen LogP) is 1.72. The molecule has 0 unspecified atom stereocenters. The minimum atomic E-state index is -0.436. The third-order valence-corrected chi connectivity index (χ3v) is 3.21. The molecule has 0 aromatic heterocycles. The monoisotopic (exact) mass is 276 g/mol.